The molecule has 0 aliphatic rings. The van der Waals surface area contributed by atoms with Gasteiger partial charge in [-0.05, 0) is 38.5 Å². The second kappa shape index (κ2) is 39.1. The van der Waals surface area contributed by atoms with Crippen LogP contribution < -0.4 is 32.3 Å². The maximum Gasteiger partial charge on any atom is 0.326 e. The van der Waals surface area contributed by atoms with Crippen LogP contribution in [0.1, 0.15) is 154 Å². The highest BCUT2D eigenvalue weighted by Crippen LogP contribution is 2.14. The molecule has 0 aromatic carbocycles. The van der Waals surface area contributed by atoms with E-state index >= 15 is 0 Å². The lowest BCUT2D eigenvalue weighted by molar-refractivity contribution is -0.144. The Balaban J connectivity index is 4.23. The highest BCUT2D eigenvalue weighted by atomic mass is 16.5. The van der Waals surface area contributed by atoms with Crippen LogP contribution in [0.4, 0.5) is 0 Å². The minimum absolute atomic E-state index is 0.0000724. The van der Waals surface area contributed by atoms with Crippen LogP contribution in [0.25, 0.3) is 0 Å². The minimum Gasteiger partial charge on any atom is -0.481 e. The quantitative estimate of drug-likeness (QED) is 0.0384. The maximum absolute atomic E-state index is 12.5. The van der Waals surface area contributed by atoms with Crippen molar-refractivity contribution in [1.82, 2.24) is 26.6 Å². The van der Waals surface area contributed by atoms with E-state index in [2.05, 4.69) is 26.6 Å². The molecule has 0 aromatic heterocycles. The standard InChI is InChI=1S/C44H74N6O18/c45-34(51)21-17-30(41(59)60)48-37(54)24-20-33(44(65)66)50-39(56)29-68-28-27-67-26-25-46-35(52)22-18-31(42(61)62)49-38(55)23-19-32(43(63)64)47-36(53)15-13-11-9-7-5-3-1-2-4-6-8-10-12-14-16-40(57)58/h30-33H,1-29H2,(H2,45,51)(H,46,52)(H,47,53)(H,48,54)(H,49,55)(H,50,56)(H,57,58)(H,59,60)(H,61,62)(H,63,64)(H,65,66)/t30-,31-,32-,33-/m0/s1. The summed E-state index contributed by atoms with van der Waals surface area (Å²) in [5.41, 5.74) is 4.99. The number of nitrogens with one attached hydrogen (secondary N) is 5. The zero-order valence-electron chi connectivity index (χ0n) is 38.9. The summed E-state index contributed by atoms with van der Waals surface area (Å²) in [5, 5.41) is 57.9. The van der Waals surface area contributed by atoms with Gasteiger partial charge < -0.3 is 67.3 Å². The van der Waals surface area contributed by atoms with Gasteiger partial charge in [-0.2, -0.15) is 0 Å². The van der Waals surface area contributed by atoms with Crippen molar-refractivity contribution in [3.05, 3.63) is 0 Å². The molecule has 68 heavy (non-hydrogen) atoms. The van der Waals surface area contributed by atoms with Gasteiger partial charge in [0.2, 0.25) is 35.4 Å². The van der Waals surface area contributed by atoms with E-state index in [4.69, 9.17) is 20.3 Å². The summed E-state index contributed by atoms with van der Waals surface area (Å²) in [5.74, 6) is -10.5. The van der Waals surface area contributed by atoms with E-state index in [0.717, 1.165) is 57.8 Å². The molecule has 0 radical (unpaired) electrons. The largest absolute Gasteiger partial charge is 0.481 e. The predicted octanol–water partition coefficient (Wildman–Crippen LogP) is 1.35. The zero-order chi connectivity index (χ0) is 51.1. The Morgan fingerprint density at radius 2 is 0.691 bits per heavy atom. The number of hydrogen-bond acceptors (Lipinski definition) is 13. The van der Waals surface area contributed by atoms with E-state index in [-0.39, 0.29) is 77.7 Å². The number of carbonyl (C=O) groups excluding carboxylic acids is 6. The molecule has 0 fully saturated rings. The number of aliphatic carboxylic acids is 5. The molecule has 0 bridgehead atoms. The molecular weight excluding hydrogens is 901 g/mol. The normalized spacial score (nSPS) is 12.6. The highest BCUT2D eigenvalue weighted by Gasteiger charge is 2.26. The molecule has 0 aliphatic heterocycles. The molecule has 24 heteroatoms. The van der Waals surface area contributed by atoms with Crippen LogP contribution in [0.5, 0.6) is 0 Å². The number of primary amides is 1. The van der Waals surface area contributed by atoms with Crippen LogP contribution in [0.15, 0.2) is 0 Å². The van der Waals surface area contributed by atoms with Crippen LogP contribution >= 0.6 is 0 Å². The first-order chi connectivity index (χ1) is 32.3. The molecule has 0 rings (SSSR count). The summed E-state index contributed by atoms with van der Waals surface area (Å²) in [7, 11) is 0. The van der Waals surface area contributed by atoms with Crippen LogP contribution in [0.2, 0.25) is 0 Å². The number of unbranched alkanes of at least 4 members (excludes halogenated alkanes) is 13. The fourth-order valence-electron chi connectivity index (χ4n) is 6.60. The van der Waals surface area contributed by atoms with Crippen molar-refractivity contribution in [2.75, 3.05) is 33.0 Å². The van der Waals surface area contributed by atoms with Crippen molar-refractivity contribution in [2.45, 2.75) is 178 Å². The summed E-state index contributed by atoms with van der Waals surface area (Å²) in [4.78, 5) is 129. The number of amides is 6. The van der Waals surface area contributed by atoms with Gasteiger partial charge in [-0.25, -0.2) is 19.2 Å². The molecule has 0 aromatic rings. The van der Waals surface area contributed by atoms with Gasteiger partial charge in [0.1, 0.15) is 30.8 Å². The molecular formula is C44H74N6O18. The van der Waals surface area contributed by atoms with Crippen molar-refractivity contribution in [1.29, 1.82) is 0 Å². The Hall–Kier alpha value is -5.91. The van der Waals surface area contributed by atoms with Gasteiger partial charge >= 0.3 is 29.8 Å². The average Bonchev–Trinajstić information content (AvgIpc) is 3.26. The lowest BCUT2D eigenvalue weighted by Crippen LogP contribution is -2.45. The fourth-order valence-corrected chi connectivity index (χ4v) is 6.60. The second-order valence-electron chi connectivity index (χ2n) is 16.3. The van der Waals surface area contributed by atoms with Crippen molar-refractivity contribution < 1.29 is 87.7 Å². The monoisotopic (exact) mass is 975 g/mol. The van der Waals surface area contributed by atoms with Crippen LogP contribution in [0, 0.1) is 0 Å². The first kappa shape index (κ1) is 62.1. The number of ether oxygens (including phenoxy) is 2. The van der Waals surface area contributed by atoms with Crippen LogP contribution in [-0.4, -0.2) is 148 Å². The summed E-state index contributed by atoms with van der Waals surface area (Å²) in [6, 6.07) is -5.70. The van der Waals surface area contributed by atoms with E-state index in [1.54, 1.807) is 0 Å². The van der Waals surface area contributed by atoms with Crippen molar-refractivity contribution in [3.8, 4) is 0 Å². The number of rotatable bonds is 45. The third-order valence-electron chi connectivity index (χ3n) is 10.4. The number of carboxylic acids is 5. The van der Waals surface area contributed by atoms with Crippen molar-refractivity contribution >= 4 is 65.3 Å². The first-order valence-electron chi connectivity index (χ1n) is 23.3. The Morgan fingerprint density at radius 3 is 1.07 bits per heavy atom. The van der Waals surface area contributed by atoms with Gasteiger partial charge in [0.15, 0.2) is 0 Å². The molecule has 12 N–H and O–H groups in total. The van der Waals surface area contributed by atoms with Gasteiger partial charge in [-0.15, -0.1) is 0 Å². The van der Waals surface area contributed by atoms with Crippen molar-refractivity contribution in [2.24, 2.45) is 5.73 Å². The number of carboxylic acid groups (broad SMARTS) is 5. The van der Waals surface area contributed by atoms with Gasteiger partial charge in [-0.1, -0.05) is 77.0 Å². The van der Waals surface area contributed by atoms with E-state index in [9.17, 15) is 73.2 Å². The Kier molecular flexibility index (Phi) is 35.7. The van der Waals surface area contributed by atoms with E-state index in [0.29, 0.717) is 6.42 Å². The van der Waals surface area contributed by atoms with Gasteiger partial charge in [-0.3, -0.25) is 33.6 Å². The molecule has 0 saturated heterocycles. The molecule has 0 spiro atoms. The second-order valence-corrected chi connectivity index (χ2v) is 16.3. The molecule has 6 amide bonds. The summed E-state index contributed by atoms with van der Waals surface area (Å²) in [6.45, 7) is -0.679. The summed E-state index contributed by atoms with van der Waals surface area (Å²) < 4.78 is 10.4. The number of nitrogens with two attached hydrogens (primary N) is 1. The molecule has 0 heterocycles. The van der Waals surface area contributed by atoms with Crippen molar-refractivity contribution in [3.63, 3.8) is 0 Å². The maximum atomic E-state index is 12.5. The molecule has 24 nitrogen and oxygen atoms in total. The minimum atomic E-state index is -1.49. The molecule has 388 valence electrons. The first-order valence-corrected chi connectivity index (χ1v) is 23.3. The topological polar surface area (TPSA) is 394 Å². The lowest BCUT2D eigenvalue weighted by atomic mass is 10.0. The third kappa shape index (κ3) is 36.2. The Morgan fingerprint density at radius 1 is 0.368 bits per heavy atom. The fraction of sp³-hybridized carbons (Fsp3) is 0.750. The highest BCUT2D eigenvalue weighted by molar-refractivity contribution is 5.88. The summed E-state index contributed by atoms with van der Waals surface area (Å²) >= 11 is 0. The SMILES string of the molecule is NC(=O)CC[C@H](NC(=O)CC[C@H](NC(=O)COCCOCCNC(=O)CC[C@H](NC(=O)CC[C@H](NC(=O)CCCCCCCCCCCCCCCCC(=O)O)C(=O)O)C(=O)O)C(=O)O)C(=O)O. The van der Waals surface area contributed by atoms with E-state index in [1.807, 2.05) is 0 Å². The Bertz CT molecular complexity index is 1600. The summed E-state index contributed by atoms with van der Waals surface area (Å²) in [6.07, 6.45) is 12.0. The number of carbonyl (C=O) groups is 11. The molecule has 4 atom stereocenters. The van der Waals surface area contributed by atoms with Gasteiger partial charge in [0, 0.05) is 45.1 Å². The smallest absolute Gasteiger partial charge is 0.326 e. The predicted molar refractivity (Wildman–Crippen MR) is 241 cm³/mol. The van der Waals surface area contributed by atoms with Crippen LogP contribution in [0.3, 0.4) is 0 Å². The van der Waals surface area contributed by atoms with E-state index in [1.165, 1.54) is 25.7 Å². The van der Waals surface area contributed by atoms with Gasteiger partial charge in [0.25, 0.3) is 0 Å². The average molecular weight is 975 g/mol. The third-order valence-corrected chi connectivity index (χ3v) is 10.4. The lowest BCUT2D eigenvalue weighted by Gasteiger charge is -2.17. The molecule has 0 aliphatic carbocycles. The zero-order valence-corrected chi connectivity index (χ0v) is 38.9. The van der Waals surface area contributed by atoms with E-state index < -0.39 is 109 Å². The molecule has 0 saturated carbocycles. The van der Waals surface area contributed by atoms with Gasteiger partial charge in [0.05, 0.1) is 19.8 Å². The number of hydrogen-bond donors (Lipinski definition) is 11. The Labute approximate surface area is 395 Å². The van der Waals surface area contributed by atoms with Crippen LogP contribution in [-0.2, 0) is 62.2 Å². The molecule has 0 unspecified atom stereocenters.